The van der Waals surface area contributed by atoms with Crippen molar-refractivity contribution in [2.75, 3.05) is 13.2 Å². The van der Waals surface area contributed by atoms with Crippen molar-refractivity contribution in [2.45, 2.75) is 0 Å². The Morgan fingerprint density at radius 1 is 1.46 bits per heavy atom. The molecule has 0 aromatic heterocycles. The van der Waals surface area contributed by atoms with Crippen LogP contribution in [-0.4, -0.2) is 36.0 Å². The van der Waals surface area contributed by atoms with Gasteiger partial charge in [0.15, 0.2) is 0 Å². The highest BCUT2D eigenvalue weighted by atomic mass is 16.5. The molecular weight excluding hydrogens is 176 g/mol. The predicted molar refractivity (Wildman–Crippen MR) is 41.4 cm³/mol. The number of hydrogen-bond acceptors (Lipinski definition) is 4. The van der Waals surface area contributed by atoms with Crippen LogP contribution in [0.25, 0.3) is 0 Å². The molecule has 0 atom stereocenters. The van der Waals surface area contributed by atoms with Gasteiger partial charge in [-0.15, -0.1) is 0 Å². The molecule has 1 fully saturated rings. The highest BCUT2D eigenvalue weighted by molar-refractivity contribution is 6.12. The van der Waals surface area contributed by atoms with E-state index < -0.39 is 17.8 Å². The standard InChI is InChI=1S/C7H8N2O4/c1-2-8-7(12)9-5(10)3-13-4-6(9)11/h2H,1,3-4H2,(H,8,12). The topological polar surface area (TPSA) is 75.7 Å². The van der Waals surface area contributed by atoms with E-state index >= 15 is 0 Å². The van der Waals surface area contributed by atoms with Gasteiger partial charge in [-0.3, -0.25) is 9.59 Å². The Balaban J connectivity index is 2.73. The molecule has 1 N–H and O–H groups in total. The Morgan fingerprint density at radius 2 is 2.00 bits per heavy atom. The summed E-state index contributed by atoms with van der Waals surface area (Å²) in [5.74, 6) is -1.34. The molecule has 1 aliphatic rings. The van der Waals surface area contributed by atoms with E-state index in [4.69, 9.17) is 0 Å². The van der Waals surface area contributed by atoms with E-state index in [9.17, 15) is 14.4 Å². The SMILES string of the molecule is C=CNC(=O)N1C(=O)COCC1=O. The fourth-order valence-corrected chi connectivity index (χ4v) is 0.872. The lowest BCUT2D eigenvalue weighted by molar-refractivity contribution is -0.153. The van der Waals surface area contributed by atoms with Crippen LogP contribution >= 0.6 is 0 Å². The van der Waals surface area contributed by atoms with Crippen LogP contribution in [0.3, 0.4) is 0 Å². The zero-order chi connectivity index (χ0) is 9.84. The third-order valence-corrected chi connectivity index (χ3v) is 1.38. The zero-order valence-electron chi connectivity index (χ0n) is 6.78. The second kappa shape index (κ2) is 3.81. The van der Waals surface area contributed by atoms with Gasteiger partial charge in [-0.1, -0.05) is 6.58 Å². The van der Waals surface area contributed by atoms with Crippen LogP contribution in [0.1, 0.15) is 0 Å². The van der Waals surface area contributed by atoms with E-state index in [1.54, 1.807) is 0 Å². The summed E-state index contributed by atoms with van der Waals surface area (Å²) in [6, 6.07) is -0.798. The van der Waals surface area contributed by atoms with Gasteiger partial charge in [0, 0.05) is 0 Å². The monoisotopic (exact) mass is 184 g/mol. The molecule has 4 amide bonds. The molecule has 6 nitrogen and oxygen atoms in total. The zero-order valence-corrected chi connectivity index (χ0v) is 6.78. The Bertz CT molecular complexity index is 258. The number of rotatable bonds is 1. The molecule has 1 aliphatic heterocycles. The van der Waals surface area contributed by atoms with Crippen molar-refractivity contribution >= 4 is 17.8 Å². The third-order valence-electron chi connectivity index (χ3n) is 1.38. The van der Waals surface area contributed by atoms with Crippen LogP contribution in [0.5, 0.6) is 0 Å². The first-order chi connectivity index (χ1) is 6.16. The molecule has 13 heavy (non-hydrogen) atoms. The summed E-state index contributed by atoms with van der Waals surface area (Å²) < 4.78 is 4.61. The van der Waals surface area contributed by atoms with Crippen molar-refractivity contribution in [1.82, 2.24) is 10.2 Å². The largest absolute Gasteiger partial charge is 0.362 e. The summed E-state index contributed by atoms with van der Waals surface area (Å²) in [5.41, 5.74) is 0. The van der Waals surface area contributed by atoms with Crippen molar-refractivity contribution in [3.05, 3.63) is 12.8 Å². The summed E-state index contributed by atoms with van der Waals surface area (Å²) in [5, 5.41) is 2.13. The highest BCUT2D eigenvalue weighted by Crippen LogP contribution is 2.00. The normalized spacial score (nSPS) is 17.1. The maximum absolute atomic E-state index is 11.1. The van der Waals surface area contributed by atoms with E-state index in [1.807, 2.05) is 0 Å². The highest BCUT2D eigenvalue weighted by Gasteiger charge is 2.31. The summed E-state index contributed by atoms with van der Waals surface area (Å²) in [6.07, 6.45) is 1.10. The van der Waals surface area contributed by atoms with Crippen LogP contribution in [0.4, 0.5) is 4.79 Å². The smallest absolute Gasteiger partial charge is 0.335 e. The fraction of sp³-hybridized carbons (Fsp3) is 0.286. The molecule has 0 unspecified atom stereocenters. The van der Waals surface area contributed by atoms with Gasteiger partial charge < -0.3 is 10.1 Å². The van der Waals surface area contributed by atoms with Gasteiger partial charge in [0.2, 0.25) is 0 Å². The van der Waals surface area contributed by atoms with Crippen molar-refractivity contribution in [1.29, 1.82) is 0 Å². The molecule has 0 radical (unpaired) electrons. The van der Waals surface area contributed by atoms with Crippen LogP contribution < -0.4 is 5.32 Å². The Morgan fingerprint density at radius 3 is 2.46 bits per heavy atom. The fourth-order valence-electron chi connectivity index (χ4n) is 0.872. The number of amides is 4. The van der Waals surface area contributed by atoms with E-state index in [0.29, 0.717) is 4.90 Å². The number of nitrogens with one attached hydrogen (secondary N) is 1. The van der Waals surface area contributed by atoms with Gasteiger partial charge in [-0.25, -0.2) is 4.79 Å². The molecule has 6 heteroatoms. The minimum Gasteiger partial charge on any atom is -0.362 e. The van der Waals surface area contributed by atoms with Crippen LogP contribution in [-0.2, 0) is 14.3 Å². The van der Waals surface area contributed by atoms with Gasteiger partial charge in [0.1, 0.15) is 13.2 Å². The lowest BCUT2D eigenvalue weighted by Crippen LogP contribution is -2.52. The molecule has 0 saturated carbocycles. The first-order valence-electron chi connectivity index (χ1n) is 3.51. The number of hydrogen-bond donors (Lipinski definition) is 1. The van der Waals surface area contributed by atoms with E-state index in [0.717, 1.165) is 6.20 Å². The van der Waals surface area contributed by atoms with Gasteiger partial charge in [0.25, 0.3) is 11.8 Å². The molecule has 0 aromatic rings. The number of morpholine rings is 1. The predicted octanol–water partition coefficient (Wildman–Crippen LogP) is -0.775. The number of ether oxygens (including phenoxy) is 1. The first kappa shape index (κ1) is 9.40. The van der Waals surface area contributed by atoms with Crippen molar-refractivity contribution in [3.63, 3.8) is 0 Å². The number of urea groups is 1. The summed E-state index contributed by atoms with van der Waals surface area (Å²) >= 11 is 0. The maximum atomic E-state index is 11.1. The van der Waals surface area contributed by atoms with Crippen molar-refractivity contribution in [3.8, 4) is 0 Å². The molecule has 0 bridgehead atoms. The minimum atomic E-state index is -0.798. The Kier molecular flexibility index (Phi) is 2.76. The molecule has 0 aromatic carbocycles. The average molecular weight is 184 g/mol. The second-order valence-electron chi connectivity index (χ2n) is 2.27. The Hall–Kier alpha value is -1.69. The maximum Gasteiger partial charge on any atom is 0.335 e. The average Bonchev–Trinajstić information content (AvgIpc) is 2.04. The molecule has 0 aliphatic carbocycles. The van der Waals surface area contributed by atoms with E-state index in [-0.39, 0.29) is 13.2 Å². The molecule has 0 spiro atoms. The number of carbonyl (C=O) groups is 3. The quantitative estimate of drug-likeness (QED) is 0.542. The van der Waals surface area contributed by atoms with Gasteiger partial charge in [0.05, 0.1) is 0 Å². The van der Waals surface area contributed by atoms with E-state index in [2.05, 4.69) is 16.6 Å². The number of carbonyl (C=O) groups excluding carboxylic acids is 3. The van der Waals surface area contributed by atoms with Crippen LogP contribution in [0, 0.1) is 0 Å². The van der Waals surface area contributed by atoms with Crippen molar-refractivity contribution in [2.24, 2.45) is 0 Å². The van der Waals surface area contributed by atoms with Gasteiger partial charge in [-0.05, 0) is 6.20 Å². The molecule has 1 rings (SSSR count). The first-order valence-corrected chi connectivity index (χ1v) is 3.51. The number of nitrogens with zero attached hydrogens (tertiary/aromatic N) is 1. The lowest BCUT2D eigenvalue weighted by atomic mass is 10.4. The Labute approximate surface area is 74.1 Å². The second-order valence-corrected chi connectivity index (χ2v) is 2.27. The van der Waals surface area contributed by atoms with Crippen LogP contribution in [0.15, 0.2) is 12.8 Å². The third kappa shape index (κ3) is 1.91. The lowest BCUT2D eigenvalue weighted by Gasteiger charge is -2.22. The molecular formula is C7H8N2O4. The van der Waals surface area contributed by atoms with Gasteiger partial charge >= 0.3 is 6.03 Å². The summed E-state index contributed by atoms with van der Waals surface area (Å²) in [4.78, 5) is 33.6. The van der Waals surface area contributed by atoms with Crippen LogP contribution in [0.2, 0.25) is 0 Å². The number of imide groups is 3. The summed E-state index contributed by atoms with van der Waals surface area (Å²) in [6.45, 7) is 2.73. The van der Waals surface area contributed by atoms with Gasteiger partial charge in [-0.2, -0.15) is 4.90 Å². The molecule has 1 saturated heterocycles. The summed E-state index contributed by atoms with van der Waals surface area (Å²) in [7, 11) is 0. The molecule has 1 heterocycles. The van der Waals surface area contributed by atoms with E-state index in [1.165, 1.54) is 0 Å². The van der Waals surface area contributed by atoms with Crippen molar-refractivity contribution < 1.29 is 19.1 Å². The molecule has 70 valence electrons. The minimum absolute atomic E-state index is 0.254.